The first kappa shape index (κ1) is 18.1. The molecule has 1 unspecified atom stereocenters. The zero-order chi connectivity index (χ0) is 20.0. The molecule has 1 atom stereocenters. The Bertz CT molecular complexity index is 1200. The maximum atomic E-state index is 13.2. The van der Waals surface area contributed by atoms with Crippen molar-refractivity contribution < 1.29 is 9.66 Å². The van der Waals surface area contributed by atoms with E-state index in [0.29, 0.717) is 27.2 Å². The lowest BCUT2D eigenvalue weighted by Crippen LogP contribution is -2.34. The fourth-order valence-corrected chi connectivity index (χ4v) is 3.75. The largest absolute Gasteiger partial charge is 0.434 e. The standard InChI is InChI=1S/C20H16ClN3O4/c1-22-19-17(24(26)27)15(11-7-9-12(21)10-8-11)16-18(28-19)13-5-3-4-6-14(13)23(2)20(16)25/h3-10,15,22H,1-2H3. The molecule has 0 fully saturated rings. The minimum Gasteiger partial charge on any atom is -0.434 e. The fourth-order valence-electron chi connectivity index (χ4n) is 3.62. The van der Waals surface area contributed by atoms with Crippen LogP contribution in [-0.2, 0) is 7.05 Å². The average molecular weight is 398 g/mol. The number of halogens is 1. The summed E-state index contributed by atoms with van der Waals surface area (Å²) in [5.74, 6) is -0.564. The minimum atomic E-state index is -0.901. The second kappa shape index (κ2) is 6.69. The summed E-state index contributed by atoms with van der Waals surface area (Å²) in [6.07, 6.45) is 0. The van der Waals surface area contributed by atoms with Crippen molar-refractivity contribution in [3.8, 4) is 5.75 Å². The van der Waals surface area contributed by atoms with E-state index in [2.05, 4.69) is 5.32 Å². The molecule has 1 aromatic heterocycles. The normalized spacial score (nSPS) is 15.9. The van der Waals surface area contributed by atoms with E-state index in [1.807, 2.05) is 24.3 Å². The van der Waals surface area contributed by atoms with Crippen LogP contribution in [0.1, 0.15) is 17.0 Å². The molecule has 0 radical (unpaired) electrons. The molecule has 0 saturated heterocycles. The predicted molar refractivity (Wildman–Crippen MR) is 106 cm³/mol. The molecule has 0 bridgehead atoms. The Morgan fingerprint density at radius 1 is 1.18 bits per heavy atom. The van der Waals surface area contributed by atoms with Crippen LogP contribution in [0.2, 0.25) is 5.02 Å². The third kappa shape index (κ3) is 2.63. The van der Waals surface area contributed by atoms with Gasteiger partial charge in [-0.1, -0.05) is 35.9 Å². The molecule has 4 rings (SSSR count). The Hall–Kier alpha value is -3.32. The van der Waals surface area contributed by atoms with Gasteiger partial charge in [0.05, 0.1) is 16.0 Å². The summed E-state index contributed by atoms with van der Waals surface area (Å²) in [5, 5.41) is 15.9. The predicted octanol–water partition coefficient (Wildman–Crippen LogP) is 3.38. The van der Waals surface area contributed by atoms with E-state index < -0.39 is 10.8 Å². The summed E-state index contributed by atoms with van der Waals surface area (Å²) in [4.78, 5) is 24.7. The highest BCUT2D eigenvalue weighted by molar-refractivity contribution is 6.30. The minimum absolute atomic E-state index is 0.0101. The van der Waals surface area contributed by atoms with Crippen LogP contribution in [0.3, 0.4) is 0 Å². The molecule has 2 aromatic carbocycles. The van der Waals surface area contributed by atoms with Crippen molar-refractivity contribution in [1.82, 2.24) is 9.88 Å². The molecule has 0 saturated carbocycles. The number of nitrogens with one attached hydrogen (secondary N) is 1. The Balaban J connectivity index is 2.14. The highest BCUT2D eigenvalue weighted by Crippen LogP contribution is 2.44. The average Bonchev–Trinajstić information content (AvgIpc) is 2.71. The summed E-state index contributed by atoms with van der Waals surface area (Å²) < 4.78 is 7.36. The van der Waals surface area contributed by atoms with Gasteiger partial charge in [-0.15, -0.1) is 0 Å². The first-order chi connectivity index (χ1) is 13.4. The number of hydrogen-bond acceptors (Lipinski definition) is 5. The number of hydrogen-bond donors (Lipinski definition) is 1. The molecule has 0 aliphatic carbocycles. The van der Waals surface area contributed by atoms with Gasteiger partial charge in [-0.25, -0.2) is 0 Å². The first-order valence-corrected chi connectivity index (χ1v) is 8.93. The number of fused-ring (bicyclic) bond motifs is 3. The summed E-state index contributed by atoms with van der Waals surface area (Å²) in [6.45, 7) is 0. The number of ether oxygens (including phenoxy) is 1. The molecule has 2 heterocycles. The van der Waals surface area contributed by atoms with Crippen molar-refractivity contribution in [3.05, 3.63) is 96.7 Å². The van der Waals surface area contributed by atoms with E-state index in [1.54, 1.807) is 38.4 Å². The quantitative estimate of drug-likeness (QED) is 0.540. The van der Waals surface area contributed by atoms with Crippen LogP contribution in [0.5, 0.6) is 5.75 Å². The van der Waals surface area contributed by atoms with Crippen molar-refractivity contribution >= 4 is 22.5 Å². The second-order valence-corrected chi connectivity index (χ2v) is 6.87. The Kier molecular flexibility index (Phi) is 4.31. The smallest absolute Gasteiger partial charge is 0.317 e. The van der Waals surface area contributed by atoms with E-state index in [0.717, 1.165) is 0 Å². The topological polar surface area (TPSA) is 86.4 Å². The lowest BCUT2D eigenvalue weighted by atomic mass is 9.86. The summed E-state index contributed by atoms with van der Waals surface area (Å²) >= 11 is 5.99. The van der Waals surface area contributed by atoms with Crippen molar-refractivity contribution in [2.75, 3.05) is 7.05 Å². The van der Waals surface area contributed by atoms with Crippen molar-refractivity contribution in [2.45, 2.75) is 5.92 Å². The molecule has 1 aliphatic rings. The SMILES string of the molecule is CNC1=C([N+](=O)[O-])C(c2ccc(Cl)cc2)c2c(c3ccccc3n(C)c2=O)O1. The van der Waals surface area contributed by atoms with Crippen molar-refractivity contribution in [3.63, 3.8) is 0 Å². The van der Waals surface area contributed by atoms with Crippen molar-refractivity contribution in [2.24, 2.45) is 7.05 Å². The molecule has 28 heavy (non-hydrogen) atoms. The van der Waals surface area contributed by atoms with Gasteiger partial charge in [-0.3, -0.25) is 14.9 Å². The molecule has 1 N–H and O–H groups in total. The fraction of sp³-hybridized carbons (Fsp3) is 0.150. The second-order valence-electron chi connectivity index (χ2n) is 6.43. The summed E-state index contributed by atoms with van der Waals surface area (Å²) in [5.41, 5.74) is 0.934. The number of pyridine rings is 1. The monoisotopic (exact) mass is 397 g/mol. The summed E-state index contributed by atoms with van der Waals surface area (Å²) in [7, 11) is 3.19. The van der Waals surface area contributed by atoms with Gasteiger partial charge < -0.3 is 14.6 Å². The molecular formula is C20H16ClN3O4. The lowest BCUT2D eigenvalue weighted by Gasteiger charge is -2.27. The van der Waals surface area contributed by atoms with Gasteiger partial charge in [-0.2, -0.15) is 0 Å². The zero-order valence-electron chi connectivity index (χ0n) is 15.1. The van der Waals surface area contributed by atoms with Gasteiger partial charge in [-0.05, 0) is 29.8 Å². The number of aromatic nitrogens is 1. The Morgan fingerprint density at radius 3 is 2.50 bits per heavy atom. The lowest BCUT2D eigenvalue weighted by molar-refractivity contribution is -0.432. The van der Waals surface area contributed by atoms with E-state index >= 15 is 0 Å². The van der Waals surface area contributed by atoms with Gasteiger partial charge in [0.25, 0.3) is 11.4 Å². The number of rotatable bonds is 3. The number of nitro groups is 1. The molecule has 3 aromatic rings. The number of para-hydroxylation sites is 1. The maximum Gasteiger partial charge on any atom is 0.317 e. The van der Waals surface area contributed by atoms with Gasteiger partial charge in [0, 0.05) is 24.5 Å². The van der Waals surface area contributed by atoms with Gasteiger partial charge in [0.2, 0.25) is 0 Å². The van der Waals surface area contributed by atoms with Gasteiger partial charge in [0.1, 0.15) is 11.7 Å². The number of benzene rings is 2. The molecule has 1 aliphatic heterocycles. The van der Waals surface area contributed by atoms with Crippen LogP contribution in [0, 0.1) is 10.1 Å². The third-order valence-electron chi connectivity index (χ3n) is 4.92. The van der Waals surface area contributed by atoms with Crippen LogP contribution in [0.4, 0.5) is 0 Å². The van der Waals surface area contributed by atoms with Crippen molar-refractivity contribution in [1.29, 1.82) is 0 Å². The molecule has 142 valence electrons. The molecule has 0 spiro atoms. The Labute approximate surface area is 165 Å². The molecule has 0 amide bonds. The first-order valence-electron chi connectivity index (χ1n) is 8.55. The van der Waals surface area contributed by atoms with E-state index in [9.17, 15) is 14.9 Å². The highest BCUT2D eigenvalue weighted by atomic mass is 35.5. The number of aryl methyl sites for hydroxylation is 1. The van der Waals surface area contributed by atoms with Crippen LogP contribution in [-0.4, -0.2) is 16.5 Å². The third-order valence-corrected chi connectivity index (χ3v) is 5.17. The van der Waals surface area contributed by atoms with Crippen LogP contribution >= 0.6 is 11.6 Å². The highest BCUT2D eigenvalue weighted by Gasteiger charge is 2.42. The summed E-state index contributed by atoms with van der Waals surface area (Å²) in [6, 6.07) is 14.0. The number of nitrogens with zero attached hydrogens (tertiary/aromatic N) is 2. The maximum absolute atomic E-state index is 13.2. The molecule has 8 heteroatoms. The van der Waals surface area contributed by atoms with E-state index in [4.69, 9.17) is 16.3 Å². The van der Waals surface area contributed by atoms with Crippen LogP contribution in [0.15, 0.2) is 64.9 Å². The van der Waals surface area contributed by atoms with Crippen LogP contribution in [0.25, 0.3) is 10.9 Å². The number of allylic oxidation sites excluding steroid dienone is 1. The Morgan fingerprint density at radius 2 is 1.86 bits per heavy atom. The molecular weight excluding hydrogens is 382 g/mol. The van der Waals surface area contributed by atoms with Gasteiger partial charge >= 0.3 is 5.70 Å². The molecule has 7 nitrogen and oxygen atoms in total. The zero-order valence-corrected chi connectivity index (χ0v) is 15.9. The van der Waals surface area contributed by atoms with Gasteiger partial charge in [0.15, 0.2) is 0 Å². The van der Waals surface area contributed by atoms with Crippen LogP contribution < -0.4 is 15.6 Å². The van der Waals surface area contributed by atoms with E-state index in [-0.39, 0.29) is 22.7 Å². The van der Waals surface area contributed by atoms with E-state index in [1.165, 1.54) is 4.57 Å².